The summed E-state index contributed by atoms with van der Waals surface area (Å²) in [7, 11) is 0. The van der Waals surface area contributed by atoms with Gasteiger partial charge in [-0.25, -0.2) is 14.6 Å². The molecular weight excluding hydrogens is 392 g/mol. The van der Waals surface area contributed by atoms with Gasteiger partial charge in [0, 0.05) is 35.0 Å². The average Bonchev–Trinajstić information content (AvgIpc) is 3.12. The fraction of sp³-hybridized carbons (Fsp3) is 0.188. The molecule has 0 amide bonds. The quantitative estimate of drug-likeness (QED) is 0.708. The van der Waals surface area contributed by atoms with Crippen molar-refractivity contribution in [3.63, 3.8) is 0 Å². The van der Waals surface area contributed by atoms with Gasteiger partial charge in [-0.2, -0.15) is 5.10 Å². The second kappa shape index (κ2) is 6.07. The molecule has 0 radical (unpaired) electrons. The van der Waals surface area contributed by atoms with Crippen molar-refractivity contribution in [2.75, 3.05) is 17.2 Å². The Labute approximate surface area is 152 Å². The predicted octanol–water partition coefficient (Wildman–Crippen LogP) is 3.22. The van der Waals surface area contributed by atoms with Crippen molar-refractivity contribution < 1.29 is 0 Å². The summed E-state index contributed by atoms with van der Waals surface area (Å²) in [5.41, 5.74) is 9.19. The highest BCUT2D eigenvalue weighted by atomic mass is 79.9. The monoisotopic (exact) mass is 404 g/mol. The Morgan fingerprint density at radius 3 is 2.79 bits per heavy atom. The molecule has 6 nitrogen and oxygen atoms in total. The molecule has 24 heavy (non-hydrogen) atoms. The fourth-order valence-corrected chi connectivity index (χ4v) is 3.79. The number of anilines is 2. The number of aromatic nitrogens is 4. The first-order valence-electron chi connectivity index (χ1n) is 7.46. The lowest BCUT2D eigenvalue weighted by Gasteiger charge is -2.31. The van der Waals surface area contributed by atoms with Crippen molar-refractivity contribution in [1.82, 2.24) is 19.7 Å². The SMILES string of the molecule is Nc1c(N2CCc3c(Br)ccc(Cl)c3C2)ncnc1-n1cccn1. The second-order valence-corrected chi connectivity index (χ2v) is 6.80. The van der Waals surface area contributed by atoms with Crippen LogP contribution in [0.25, 0.3) is 5.82 Å². The van der Waals surface area contributed by atoms with Crippen molar-refractivity contribution in [3.05, 3.63) is 57.5 Å². The third-order valence-corrected chi connectivity index (χ3v) is 5.26. The maximum Gasteiger partial charge on any atom is 0.181 e. The lowest BCUT2D eigenvalue weighted by atomic mass is 9.99. The maximum atomic E-state index is 6.39. The molecule has 1 aliphatic heterocycles. The van der Waals surface area contributed by atoms with Gasteiger partial charge in [-0.1, -0.05) is 27.5 Å². The predicted molar refractivity (Wildman–Crippen MR) is 97.5 cm³/mol. The van der Waals surface area contributed by atoms with Gasteiger partial charge < -0.3 is 10.6 Å². The molecule has 0 fully saturated rings. The Kier molecular flexibility index (Phi) is 3.90. The van der Waals surface area contributed by atoms with Gasteiger partial charge in [-0.15, -0.1) is 0 Å². The number of nitrogens with two attached hydrogens (primary N) is 1. The zero-order valence-electron chi connectivity index (χ0n) is 12.7. The summed E-state index contributed by atoms with van der Waals surface area (Å²) < 4.78 is 2.73. The van der Waals surface area contributed by atoms with Gasteiger partial charge in [0.25, 0.3) is 0 Å². The van der Waals surface area contributed by atoms with Crippen molar-refractivity contribution in [2.24, 2.45) is 0 Å². The highest BCUT2D eigenvalue weighted by molar-refractivity contribution is 9.10. The summed E-state index contributed by atoms with van der Waals surface area (Å²) in [6.07, 6.45) is 5.88. The lowest BCUT2D eigenvalue weighted by molar-refractivity contribution is 0.715. The molecule has 1 aliphatic rings. The van der Waals surface area contributed by atoms with Crippen LogP contribution in [0, 0.1) is 0 Å². The highest BCUT2D eigenvalue weighted by Crippen LogP contribution is 2.35. The van der Waals surface area contributed by atoms with Gasteiger partial charge in [0.15, 0.2) is 11.6 Å². The molecule has 3 aromatic rings. The molecule has 2 N–H and O–H groups in total. The average molecular weight is 406 g/mol. The van der Waals surface area contributed by atoms with E-state index in [1.54, 1.807) is 10.9 Å². The molecule has 0 saturated heterocycles. The summed E-state index contributed by atoms with van der Waals surface area (Å²) >= 11 is 10.00. The Hall–Kier alpha value is -2.12. The third kappa shape index (κ3) is 2.53. The van der Waals surface area contributed by atoms with Crippen molar-refractivity contribution in [1.29, 1.82) is 0 Å². The standard InChI is InChI=1S/C16H14BrClN6/c17-12-2-3-13(18)11-8-23(7-4-10(11)12)15-14(19)16(21-9-20-15)24-6-1-5-22-24/h1-3,5-6,9H,4,7-8,19H2. The fourth-order valence-electron chi connectivity index (χ4n) is 2.98. The van der Waals surface area contributed by atoms with E-state index in [0.29, 0.717) is 23.9 Å². The molecule has 2 aromatic heterocycles. The Morgan fingerprint density at radius 2 is 2.00 bits per heavy atom. The first-order chi connectivity index (χ1) is 11.6. The molecule has 0 saturated carbocycles. The third-order valence-electron chi connectivity index (χ3n) is 4.16. The largest absolute Gasteiger partial charge is 0.393 e. The number of benzene rings is 1. The summed E-state index contributed by atoms with van der Waals surface area (Å²) in [5.74, 6) is 1.29. The van der Waals surface area contributed by atoms with Crippen molar-refractivity contribution in [3.8, 4) is 5.82 Å². The van der Waals surface area contributed by atoms with Crippen molar-refractivity contribution >= 4 is 39.0 Å². The van der Waals surface area contributed by atoms with E-state index in [1.165, 1.54) is 11.9 Å². The van der Waals surface area contributed by atoms with Crippen LogP contribution in [0.3, 0.4) is 0 Å². The Morgan fingerprint density at radius 1 is 1.17 bits per heavy atom. The van der Waals surface area contributed by atoms with E-state index in [1.807, 2.05) is 24.4 Å². The number of rotatable bonds is 2. The number of fused-ring (bicyclic) bond motifs is 1. The van der Waals surface area contributed by atoms with E-state index in [2.05, 4.69) is 35.9 Å². The number of hydrogen-bond donors (Lipinski definition) is 1. The lowest BCUT2D eigenvalue weighted by Crippen LogP contribution is -2.32. The first-order valence-corrected chi connectivity index (χ1v) is 8.63. The van der Waals surface area contributed by atoms with Gasteiger partial charge >= 0.3 is 0 Å². The summed E-state index contributed by atoms with van der Waals surface area (Å²) in [6.45, 7) is 1.47. The van der Waals surface area contributed by atoms with Crippen LogP contribution in [0.4, 0.5) is 11.5 Å². The van der Waals surface area contributed by atoms with Gasteiger partial charge in [0.1, 0.15) is 12.0 Å². The number of halogens is 2. The molecule has 122 valence electrons. The Balaban J connectivity index is 1.73. The van der Waals surface area contributed by atoms with Gasteiger partial charge in [-0.3, -0.25) is 0 Å². The molecule has 0 atom stereocenters. The second-order valence-electron chi connectivity index (χ2n) is 5.54. The van der Waals surface area contributed by atoms with E-state index in [9.17, 15) is 0 Å². The van der Waals surface area contributed by atoms with E-state index in [0.717, 1.165) is 28.0 Å². The van der Waals surface area contributed by atoms with Gasteiger partial charge in [0.2, 0.25) is 0 Å². The molecule has 0 aliphatic carbocycles. The first kappa shape index (κ1) is 15.4. The van der Waals surface area contributed by atoms with E-state index >= 15 is 0 Å². The molecule has 3 heterocycles. The van der Waals surface area contributed by atoms with Crippen LogP contribution in [0.1, 0.15) is 11.1 Å². The molecular formula is C16H14BrClN6. The zero-order valence-corrected chi connectivity index (χ0v) is 15.0. The molecule has 4 rings (SSSR count). The highest BCUT2D eigenvalue weighted by Gasteiger charge is 2.24. The molecule has 0 bridgehead atoms. The topological polar surface area (TPSA) is 72.9 Å². The Bertz CT molecular complexity index is 896. The van der Waals surface area contributed by atoms with Crippen LogP contribution in [0.2, 0.25) is 5.02 Å². The number of nitrogens with zero attached hydrogens (tertiary/aromatic N) is 5. The number of nitrogen functional groups attached to an aromatic ring is 1. The van der Waals surface area contributed by atoms with Crippen LogP contribution in [-0.2, 0) is 13.0 Å². The smallest absolute Gasteiger partial charge is 0.181 e. The summed E-state index contributed by atoms with van der Waals surface area (Å²) in [6, 6.07) is 5.73. The number of hydrogen-bond acceptors (Lipinski definition) is 5. The molecule has 1 aromatic carbocycles. The van der Waals surface area contributed by atoms with Crippen molar-refractivity contribution in [2.45, 2.75) is 13.0 Å². The van der Waals surface area contributed by atoms with Crippen LogP contribution in [-0.4, -0.2) is 26.3 Å². The minimum atomic E-state index is 0.510. The summed E-state index contributed by atoms with van der Waals surface area (Å²) in [5, 5.41) is 4.96. The normalized spacial score (nSPS) is 13.8. The minimum Gasteiger partial charge on any atom is -0.393 e. The van der Waals surface area contributed by atoms with E-state index in [-0.39, 0.29) is 0 Å². The van der Waals surface area contributed by atoms with E-state index in [4.69, 9.17) is 17.3 Å². The maximum absolute atomic E-state index is 6.39. The molecule has 0 spiro atoms. The molecule has 0 unspecified atom stereocenters. The minimum absolute atomic E-state index is 0.510. The van der Waals surface area contributed by atoms with Crippen LogP contribution in [0.5, 0.6) is 0 Å². The van der Waals surface area contributed by atoms with Crippen LogP contribution < -0.4 is 10.6 Å². The summed E-state index contributed by atoms with van der Waals surface area (Å²) in [4.78, 5) is 10.8. The van der Waals surface area contributed by atoms with Crippen LogP contribution >= 0.6 is 27.5 Å². The van der Waals surface area contributed by atoms with Gasteiger partial charge in [-0.05, 0) is 35.7 Å². The van der Waals surface area contributed by atoms with Crippen LogP contribution in [0.15, 0.2) is 41.4 Å². The van der Waals surface area contributed by atoms with E-state index < -0.39 is 0 Å². The molecule has 8 heteroatoms. The zero-order chi connectivity index (χ0) is 16.7. The van der Waals surface area contributed by atoms with Gasteiger partial charge in [0.05, 0.1) is 0 Å².